The Morgan fingerprint density at radius 2 is 1.95 bits per heavy atom. The number of nitrogens with zero attached hydrogens (tertiary/aromatic N) is 3. The predicted octanol–water partition coefficient (Wildman–Crippen LogP) is 2.01. The van der Waals surface area contributed by atoms with Gasteiger partial charge in [0.2, 0.25) is 0 Å². The Morgan fingerprint density at radius 3 is 2.64 bits per heavy atom. The van der Waals surface area contributed by atoms with Gasteiger partial charge in [-0.05, 0) is 48.6 Å². The van der Waals surface area contributed by atoms with Crippen LogP contribution in [0.1, 0.15) is 24.3 Å². The smallest absolute Gasteiger partial charge is 0.128 e. The van der Waals surface area contributed by atoms with Crippen LogP contribution in [0.4, 0.5) is 11.6 Å². The van der Waals surface area contributed by atoms with Crippen LogP contribution in [0.2, 0.25) is 0 Å². The van der Waals surface area contributed by atoms with Crippen molar-refractivity contribution in [2.24, 2.45) is 0 Å². The molecule has 0 bridgehead atoms. The van der Waals surface area contributed by atoms with Crippen LogP contribution in [0.3, 0.4) is 0 Å². The van der Waals surface area contributed by atoms with Gasteiger partial charge in [-0.3, -0.25) is 0 Å². The summed E-state index contributed by atoms with van der Waals surface area (Å²) in [6.45, 7) is 4.05. The summed E-state index contributed by atoms with van der Waals surface area (Å²) in [5.41, 5.74) is 9.24. The molecule has 3 N–H and O–H groups in total. The monoisotopic (exact) mass is 295 g/mol. The summed E-state index contributed by atoms with van der Waals surface area (Å²) in [7, 11) is 0. The van der Waals surface area contributed by atoms with E-state index in [-0.39, 0.29) is 0 Å². The van der Waals surface area contributed by atoms with Crippen LogP contribution in [0, 0.1) is 0 Å². The Labute approximate surface area is 130 Å². The fourth-order valence-corrected chi connectivity index (χ4v) is 2.99. The molecule has 1 aliphatic heterocycles. The molecule has 2 aliphatic rings. The Kier molecular flexibility index (Phi) is 3.42. The van der Waals surface area contributed by atoms with Crippen molar-refractivity contribution in [1.29, 1.82) is 0 Å². The normalized spacial score (nSPS) is 18.5. The molecule has 0 atom stereocenters. The van der Waals surface area contributed by atoms with Crippen molar-refractivity contribution in [2.75, 3.05) is 36.8 Å². The maximum atomic E-state index is 5.96. The van der Waals surface area contributed by atoms with E-state index < -0.39 is 0 Å². The van der Waals surface area contributed by atoms with Gasteiger partial charge in [0.15, 0.2) is 0 Å². The zero-order chi connectivity index (χ0) is 14.9. The number of pyridine rings is 2. The van der Waals surface area contributed by atoms with Crippen molar-refractivity contribution >= 4 is 11.6 Å². The highest BCUT2D eigenvalue weighted by Gasteiger charge is 2.24. The molecule has 0 spiro atoms. The molecule has 114 valence electrons. The molecular formula is C17H21N5. The van der Waals surface area contributed by atoms with Gasteiger partial charge in [0.05, 0.1) is 5.69 Å². The first-order valence-corrected chi connectivity index (χ1v) is 7.99. The van der Waals surface area contributed by atoms with Crippen LogP contribution < -0.4 is 16.0 Å². The maximum absolute atomic E-state index is 5.96. The minimum Gasteiger partial charge on any atom is -0.384 e. The average molecular weight is 295 g/mol. The molecule has 1 saturated heterocycles. The van der Waals surface area contributed by atoms with E-state index in [1.807, 2.05) is 12.3 Å². The number of nitrogens with one attached hydrogen (secondary N) is 1. The fourth-order valence-electron chi connectivity index (χ4n) is 2.99. The lowest BCUT2D eigenvalue weighted by atomic mass is 10.1. The SMILES string of the molecule is Nc1cc(C2CC2)cc(-c2ccc(N3CCNCC3)nc2)n1. The van der Waals surface area contributed by atoms with Crippen molar-refractivity contribution in [3.8, 4) is 11.3 Å². The summed E-state index contributed by atoms with van der Waals surface area (Å²) in [5.74, 6) is 2.32. The molecule has 2 fully saturated rings. The number of aromatic nitrogens is 2. The van der Waals surface area contributed by atoms with E-state index in [1.165, 1.54) is 18.4 Å². The first-order valence-electron chi connectivity index (χ1n) is 7.99. The molecule has 22 heavy (non-hydrogen) atoms. The van der Waals surface area contributed by atoms with E-state index in [0.29, 0.717) is 11.7 Å². The molecule has 3 heterocycles. The number of nitrogen functional groups attached to an aromatic ring is 1. The Balaban J connectivity index is 1.59. The van der Waals surface area contributed by atoms with Crippen molar-refractivity contribution < 1.29 is 0 Å². The van der Waals surface area contributed by atoms with Gasteiger partial charge >= 0.3 is 0 Å². The Morgan fingerprint density at radius 1 is 1.14 bits per heavy atom. The van der Waals surface area contributed by atoms with E-state index in [4.69, 9.17) is 5.73 Å². The third kappa shape index (κ3) is 2.76. The summed E-state index contributed by atoms with van der Waals surface area (Å²) in [6.07, 6.45) is 4.45. The number of anilines is 2. The fraction of sp³-hybridized carbons (Fsp3) is 0.412. The van der Waals surface area contributed by atoms with E-state index in [9.17, 15) is 0 Å². The largest absolute Gasteiger partial charge is 0.384 e. The standard InChI is InChI=1S/C17H21N5/c18-16-10-14(12-1-2-12)9-15(21-16)13-3-4-17(20-11-13)22-7-5-19-6-8-22/h3-4,9-12,19H,1-2,5-8H2,(H2,18,21). The third-order valence-corrected chi connectivity index (χ3v) is 4.40. The molecule has 2 aromatic heterocycles. The van der Waals surface area contributed by atoms with Gasteiger partial charge in [-0.1, -0.05) is 0 Å². The third-order valence-electron chi connectivity index (χ3n) is 4.40. The molecule has 5 nitrogen and oxygen atoms in total. The summed E-state index contributed by atoms with van der Waals surface area (Å²) < 4.78 is 0. The quantitative estimate of drug-likeness (QED) is 0.906. The minimum atomic E-state index is 0.602. The lowest BCUT2D eigenvalue weighted by molar-refractivity contribution is 0.585. The van der Waals surface area contributed by atoms with Crippen LogP contribution in [0.5, 0.6) is 0 Å². The van der Waals surface area contributed by atoms with Gasteiger partial charge in [-0.25, -0.2) is 9.97 Å². The van der Waals surface area contributed by atoms with Gasteiger partial charge in [-0.15, -0.1) is 0 Å². The molecule has 0 radical (unpaired) electrons. The average Bonchev–Trinajstić information content (AvgIpc) is 3.40. The minimum absolute atomic E-state index is 0.602. The molecule has 4 rings (SSSR count). The van der Waals surface area contributed by atoms with Crippen LogP contribution in [0.15, 0.2) is 30.5 Å². The van der Waals surface area contributed by atoms with Crippen molar-refractivity contribution in [1.82, 2.24) is 15.3 Å². The topological polar surface area (TPSA) is 67.1 Å². The van der Waals surface area contributed by atoms with Crippen molar-refractivity contribution in [3.63, 3.8) is 0 Å². The number of piperazine rings is 1. The van der Waals surface area contributed by atoms with E-state index in [1.54, 1.807) is 0 Å². The summed E-state index contributed by atoms with van der Waals surface area (Å²) in [4.78, 5) is 11.4. The van der Waals surface area contributed by atoms with E-state index in [0.717, 1.165) is 43.3 Å². The molecule has 5 heteroatoms. The van der Waals surface area contributed by atoms with Crippen molar-refractivity contribution in [3.05, 3.63) is 36.0 Å². The van der Waals surface area contributed by atoms with Crippen LogP contribution in [0.25, 0.3) is 11.3 Å². The summed E-state index contributed by atoms with van der Waals surface area (Å²) in [6, 6.07) is 8.35. The molecule has 1 saturated carbocycles. The first kappa shape index (κ1) is 13.5. The van der Waals surface area contributed by atoms with Gasteiger partial charge in [0.1, 0.15) is 11.6 Å². The number of hydrogen-bond acceptors (Lipinski definition) is 5. The first-order chi connectivity index (χ1) is 10.8. The molecular weight excluding hydrogens is 274 g/mol. The van der Waals surface area contributed by atoms with Crippen LogP contribution >= 0.6 is 0 Å². The van der Waals surface area contributed by atoms with Gasteiger partial charge in [-0.2, -0.15) is 0 Å². The Hall–Kier alpha value is -2.14. The van der Waals surface area contributed by atoms with Gasteiger partial charge < -0.3 is 16.0 Å². The predicted molar refractivity (Wildman–Crippen MR) is 88.9 cm³/mol. The summed E-state index contributed by atoms with van der Waals surface area (Å²) in [5, 5.41) is 3.36. The second-order valence-electron chi connectivity index (χ2n) is 6.13. The molecule has 1 aliphatic carbocycles. The highest BCUT2D eigenvalue weighted by molar-refractivity contribution is 5.63. The zero-order valence-electron chi connectivity index (χ0n) is 12.6. The second kappa shape index (κ2) is 5.57. The molecule has 2 aromatic rings. The highest BCUT2D eigenvalue weighted by atomic mass is 15.2. The lowest BCUT2D eigenvalue weighted by Crippen LogP contribution is -2.43. The molecule has 0 aromatic carbocycles. The highest BCUT2D eigenvalue weighted by Crippen LogP contribution is 2.41. The number of nitrogens with two attached hydrogens (primary N) is 1. The molecule has 0 unspecified atom stereocenters. The van der Waals surface area contributed by atoms with Gasteiger partial charge in [0.25, 0.3) is 0 Å². The van der Waals surface area contributed by atoms with Crippen LogP contribution in [-0.4, -0.2) is 36.1 Å². The number of rotatable bonds is 3. The Bertz CT molecular complexity index is 657. The zero-order valence-corrected chi connectivity index (χ0v) is 12.6. The summed E-state index contributed by atoms with van der Waals surface area (Å²) >= 11 is 0. The van der Waals surface area contributed by atoms with E-state index >= 15 is 0 Å². The second-order valence-corrected chi connectivity index (χ2v) is 6.13. The van der Waals surface area contributed by atoms with Crippen molar-refractivity contribution in [2.45, 2.75) is 18.8 Å². The van der Waals surface area contributed by atoms with Gasteiger partial charge in [0, 0.05) is 37.9 Å². The molecule has 0 amide bonds. The van der Waals surface area contributed by atoms with E-state index in [2.05, 4.69) is 38.4 Å². The van der Waals surface area contributed by atoms with Crippen LogP contribution in [-0.2, 0) is 0 Å². The maximum Gasteiger partial charge on any atom is 0.128 e. The lowest BCUT2D eigenvalue weighted by Gasteiger charge is -2.28. The number of hydrogen-bond donors (Lipinski definition) is 2.